The fraction of sp³-hybridized carbons (Fsp3) is 0.875. The first kappa shape index (κ1) is 17.5. The zero-order valence-electron chi connectivity index (χ0n) is 14.4. The van der Waals surface area contributed by atoms with Gasteiger partial charge in [0.15, 0.2) is 0 Å². The minimum atomic E-state index is 0.606. The van der Waals surface area contributed by atoms with E-state index in [1.54, 1.807) is 0 Å². The van der Waals surface area contributed by atoms with Gasteiger partial charge in [-0.2, -0.15) is 0 Å². The van der Waals surface area contributed by atoms with Crippen LogP contribution in [0.1, 0.15) is 33.6 Å². The summed E-state index contributed by atoms with van der Waals surface area (Å²) in [6.45, 7) is 11.4. The Morgan fingerprint density at radius 1 is 1.50 bits per heavy atom. The van der Waals surface area contributed by atoms with E-state index in [0.29, 0.717) is 12.0 Å². The number of quaternary nitrogens is 2. The topological polar surface area (TPSA) is 30.6 Å². The van der Waals surface area contributed by atoms with Crippen molar-refractivity contribution >= 4 is 0 Å². The fourth-order valence-electron chi connectivity index (χ4n) is 3.21. The van der Waals surface area contributed by atoms with E-state index >= 15 is 0 Å². The van der Waals surface area contributed by atoms with Gasteiger partial charge in [0.1, 0.15) is 0 Å². The molecule has 0 aliphatic carbocycles. The number of nitrogens with one attached hydrogen (secondary N) is 2. The summed E-state index contributed by atoms with van der Waals surface area (Å²) in [6, 6.07) is 0.606. The van der Waals surface area contributed by atoms with Crippen LogP contribution in [0.4, 0.5) is 0 Å². The lowest BCUT2D eigenvalue weighted by Crippen LogP contribution is -3.01. The van der Waals surface area contributed by atoms with Gasteiger partial charge in [0.05, 0.1) is 46.8 Å². The van der Waals surface area contributed by atoms with Crippen LogP contribution in [0, 0.1) is 5.92 Å². The Labute approximate surface area is 125 Å². The summed E-state index contributed by atoms with van der Waals surface area (Å²) >= 11 is 0. The van der Waals surface area contributed by atoms with E-state index in [2.05, 4.69) is 53.3 Å². The van der Waals surface area contributed by atoms with Crippen molar-refractivity contribution in [2.24, 2.45) is 5.92 Å². The fourth-order valence-corrected chi connectivity index (χ4v) is 3.21. The molecular weight excluding hydrogens is 248 g/mol. The van der Waals surface area contributed by atoms with Gasteiger partial charge in [-0.1, -0.05) is 32.0 Å². The van der Waals surface area contributed by atoms with Gasteiger partial charge in [-0.3, -0.25) is 0 Å². The van der Waals surface area contributed by atoms with Crippen molar-refractivity contribution in [2.45, 2.75) is 39.7 Å². The highest BCUT2D eigenvalue weighted by Crippen LogP contribution is 2.17. The van der Waals surface area contributed by atoms with Gasteiger partial charge in [-0.15, -0.1) is 0 Å². The zero-order chi connectivity index (χ0) is 15.2. The maximum absolute atomic E-state index is 4.81. The van der Waals surface area contributed by atoms with Crippen molar-refractivity contribution < 1.29 is 9.49 Å². The monoisotopic (exact) mass is 283 g/mol. The number of hydrogen-bond donors (Lipinski definition) is 2. The van der Waals surface area contributed by atoms with Gasteiger partial charge in [0.25, 0.3) is 0 Å². The molecule has 1 aliphatic heterocycles. The van der Waals surface area contributed by atoms with Crippen molar-refractivity contribution in [1.82, 2.24) is 5.32 Å². The lowest BCUT2D eigenvalue weighted by atomic mass is 10.0. The molecule has 0 aromatic rings. The molecule has 3 atom stereocenters. The average Bonchev–Trinajstić information content (AvgIpc) is 2.26. The molecule has 1 rings (SSSR count). The molecule has 4 heteroatoms. The average molecular weight is 283 g/mol. The molecule has 0 aromatic heterocycles. The first-order valence-corrected chi connectivity index (χ1v) is 8.14. The van der Waals surface area contributed by atoms with Crippen LogP contribution < -0.4 is 10.3 Å². The van der Waals surface area contributed by atoms with Crippen LogP contribution in [0.25, 0.3) is 5.43 Å². The normalized spacial score (nSPS) is 29.6. The van der Waals surface area contributed by atoms with E-state index in [1.807, 2.05) is 0 Å². The van der Waals surface area contributed by atoms with E-state index in [4.69, 9.17) is 5.43 Å². The van der Waals surface area contributed by atoms with Crippen molar-refractivity contribution in [2.75, 3.05) is 47.3 Å². The number of nitrogens with zero attached hydrogens (tertiary/aromatic N) is 2. The molecule has 0 saturated carbocycles. The van der Waals surface area contributed by atoms with Gasteiger partial charge >= 0.3 is 0 Å². The van der Waals surface area contributed by atoms with Crippen molar-refractivity contribution in [1.29, 1.82) is 0 Å². The molecule has 4 nitrogen and oxygen atoms in total. The Balaban J connectivity index is 2.72. The van der Waals surface area contributed by atoms with Crippen LogP contribution in [0.2, 0.25) is 0 Å². The smallest absolute Gasteiger partial charge is 0.0940 e. The molecule has 3 unspecified atom stereocenters. The minimum Gasteiger partial charge on any atom is -0.488 e. The van der Waals surface area contributed by atoms with E-state index in [0.717, 1.165) is 22.6 Å². The van der Waals surface area contributed by atoms with Crippen LogP contribution in [-0.4, -0.2) is 57.8 Å². The molecule has 1 fully saturated rings. The Bertz CT molecular complexity index is 314. The summed E-state index contributed by atoms with van der Waals surface area (Å²) in [7, 11) is 6.56. The third-order valence-electron chi connectivity index (χ3n) is 3.99. The van der Waals surface area contributed by atoms with Crippen molar-refractivity contribution in [3.63, 3.8) is 0 Å². The van der Waals surface area contributed by atoms with E-state index < -0.39 is 0 Å². The van der Waals surface area contributed by atoms with Crippen LogP contribution in [0.5, 0.6) is 0 Å². The molecular formula is C16H35N4+. The Kier molecular flexibility index (Phi) is 7.00. The first-order valence-electron chi connectivity index (χ1n) is 8.14. The van der Waals surface area contributed by atoms with Crippen LogP contribution >= 0.6 is 0 Å². The molecule has 1 saturated heterocycles. The molecule has 0 spiro atoms. The third-order valence-corrected chi connectivity index (χ3v) is 3.99. The van der Waals surface area contributed by atoms with Crippen LogP contribution in [0.3, 0.4) is 0 Å². The molecule has 2 N–H and O–H groups in total. The number of allylic oxidation sites excluding steroid dienone is 1. The number of hydrogen-bond acceptors (Lipinski definition) is 1. The lowest BCUT2D eigenvalue weighted by molar-refractivity contribution is -0.910. The summed E-state index contributed by atoms with van der Waals surface area (Å²) in [5.41, 5.74) is 6.09. The van der Waals surface area contributed by atoms with Gasteiger partial charge < -0.3 is 20.2 Å². The summed E-state index contributed by atoms with van der Waals surface area (Å²) in [5, 5.41) is 4.70. The molecule has 0 aromatic carbocycles. The summed E-state index contributed by atoms with van der Waals surface area (Å²) < 4.78 is 1.11. The molecule has 20 heavy (non-hydrogen) atoms. The molecule has 0 radical (unpaired) electrons. The summed E-state index contributed by atoms with van der Waals surface area (Å²) in [4.78, 5) is 0. The number of rotatable bonds is 7. The second-order valence-corrected chi connectivity index (χ2v) is 7.02. The second kappa shape index (κ2) is 8.01. The Morgan fingerprint density at radius 3 is 2.75 bits per heavy atom. The van der Waals surface area contributed by atoms with E-state index in [1.165, 1.54) is 31.6 Å². The van der Waals surface area contributed by atoms with Gasteiger partial charge in [-0.05, 0) is 19.3 Å². The largest absolute Gasteiger partial charge is 0.488 e. The minimum absolute atomic E-state index is 0.606. The summed E-state index contributed by atoms with van der Waals surface area (Å²) in [6.07, 6.45) is 4.89. The molecule has 0 bridgehead atoms. The molecule has 1 heterocycles. The molecule has 1 aliphatic rings. The Morgan fingerprint density at radius 2 is 2.20 bits per heavy atom. The highest BCUT2D eigenvalue weighted by atomic mass is 15.5. The maximum Gasteiger partial charge on any atom is 0.0940 e. The van der Waals surface area contributed by atoms with Gasteiger partial charge in [-0.25, -0.2) is 0 Å². The molecule has 118 valence electrons. The Hall–Kier alpha value is -0.580. The van der Waals surface area contributed by atoms with Gasteiger partial charge in [0.2, 0.25) is 0 Å². The quantitative estimate of drug-likeness (QED) is 0.533. The second-order valence-electron chi connectivity index (χ2n) is 7.02. The van der Waals surface area contributed by atoms with E-state index in [9.17, 15) is 0 Å². The van der Waals surface area contributed by atoms with Crippen molar-refractivity contribution in [3.05, 3.63) is 17.2 Å². The number of likely N-dealkylation sites (N-methyl/N-ethyl adjacent to an activating group) is 1. The lowest BCUT2D eigenvalue weighted by Gasteiger charge is -2.44. The maximum atomic E-state index is 4.81. The van der Waals surface area contributed by atoms with Crippen molar-refractivity contribution in [3.8, 4) is 0 Å². The predicted octanol–water partition coefficient (Wildman–Crippen LogP) is 1.18. The number of piperazine rings is 1. The highest BCUT2D eigenvalue weighted by molar-refractivity contribution is 5.13. The first-order chi connectivity index (χ1) is 9.34. The summed E-state index contributed by atoms with van der Waals surface area (Å²) in [5.74, 6) is 0.630. The third kappa shape index (κ3) is 6.25. The zero-order valence-corrected chi connectivity index (χ0v) is 14.4. The van der Waals surface area contributed by atoms with Crippen LogP contribution in [-0.2, 0) is 0 Å². The predicted molar refractivity (Wildman–Crippen MR) is 86.6 cm³/mol. The SMILES string of the molecule is CCCC(C)/C=C(/C[N+]1(C)CCNC(C)C1)[N-][NH+](C)C. The highest BCUT2D eigenvalue weighted by Gasteiger charge is 2.28. The van der Waals surface area contributed by atoms with Gasteiger partial charge in [0, 0.05) is 6.54 Å². The van der Waals surface area contributed by atoms with E-state index in [-0.39, 0.29) is 0 Å². The molecule has 0 amide bonds. The standard InChI is InChI=1S/C16H35N4/c1-7-8-14(2)11-16(18-19(4)5)13-20(6)10-9-17-15(3)12-20/h11,14-15,17,19H,7-10,12-13H2,1-6H3/q+1/b16-11-. The van der Waals surface area contributed by atoms with Crippen LogP contribution in [0.15, 0.2) is 11.8 Å².